The van der Waals surface area contributed by atoms with E-state index >= 15 is 0 Å². The SMILES string of the molecule is COc1cc(C(=O)NNC(=O)c2ccc(F)cc2)c([N+](=O)[O-])cc1OC. The van der Waals surface area contributed by atoms with Crippen molar-refractivity contribution in [1.82, 2.24) is 10.9 Å². The Hall–Kier alpha value is -3.69. The second kappa shape index (κ2) is 7.92. The molecule has 0 bridgehead atoms. The first-order valence-corrected chi connectivity index (χ1v) is 7.14. The molecule has 2 amide bonds. The van der Waals surface area contributed by atoms with E-state index < -0.39 is 28.2 Å². The van der Waals surface area contributed by atoms with Crippen LogP contribution in [-0.2, 0) is 0 Å². The fraction of sp³-hybridized carbons (Fsp3) is 0.125. The third-order valence-corrected chi connectivity index (χ3v) is 3.34. The van der Waals surface area contributed by atoms with Gasteiger partial charge in [-0.25, -0.2) is 4.39 Å². The number of methoxy groups -OCH3 is 2. The molecule has 9 nitrogen and oxygen atoms in total. The molecule has 136 valence electrons. The van der Waals surface area contributed by atoms with Gasteiger partial charge in [-0.2, -0.15) is 0 Å². The summed E-state index contributed by atoms with van der Waals surface area (Å²) in [4.78, 5) is 34.6. The highest BCUT2D eigenvalue weighted by Gasteiger charge is 2.25. The number of amides is 2. The van der Waals surface area contributed by atoms with Crippen LogP contribution in [0.4, 0.5) is 10.1 Å². The molecule has 2 N–H and O–H groups in total. The van der Waals surface area contributed by atoms with Crippen molar-refractivity contribution in [1.29, 1.82) is 0 Å². The molecule has 0 radical (unpaired) electrons. The van der Waals surface area contributed by atoms with Crippen LogP contribution in [0, 0.1) is 15.9 Å². The predicted molar refractivity (Wildman–Crippen MR) is 87.5 cm³/mol. The van der Waals surface area contributed by atoms with Gasteiger partial charge in [0.05, 0.1) is 25.2 Å². The zero-order valence-corrected chi connectivity index (χ0v) is 13.7. The van der Waals surface area contributed by atoms with Crippen molar-refractivity contribution < 1.29 is 28.4 Å². The molecule has 0 aliphatic rings. The molecular formula is C16H14FN3O6. The van der Waals surface area contributed by atoms with Gasteiger partial charge in [-0.05, 0) is 24.3 Å². The van der Waals surface area contributed by atoms with Gasteiger partial charge in [0, 0.05) is 11.6 Å². The van der Waals surface area contributed by atoms with Gasteiger partial charge in [0.15, 0.2) is 11.5 Å². The summed E-state index contributed by atoms with van der Waals surface area (Å²) in [5.74, 6) is -2.00. The number of hydrazine groups is 1. The quantitative estimate of drug-likeness (QED) is 0.618. The first kappa shape index (κ1) is 18.6. The van der Waals surface area contributed by atoms with Crippen LogP contribution in [0.2, 0.25) is 0 Å². The molecule has 0 fully saturated rings. The number of nitrogens with zero attached hydrogens (tertiary/aromatic N) is 1. The molecule has 26 heavy (non-hydrogen) atoms. The number of carbonyl (C=O) groups excluding carboxylic acids is 2. The summed E-state index contributed by atoms with van der Waals surface area (Å²) in [7, 11) is 2.60. The van der Waals surface area contributed by atoms with Gasteiger partial charge in [0.1, 0.15) is 11.4 Å². The number of hydrogen-bond acceptors (Lipinski definition) is 6. The van der Waals surface area contributed by atoms with E-state index in [0.717, 1.165) is 24.3 Å². The Morgan fingerprint density at radius 3 is 2.08 bits per heavy atom. The standard InChI is InChI=1S/C16H14FN3O6/c1-25-13-7-11(12(20(23)24)8-14(13)26-2)16(22)19-18-15(21)9-3-5-10(17)6-4-9/h3-8H,1-2H3,(H,18,21)(H,19,22). The molecule has 0 aromatic heterocycles. The lowest BCUT2D eigenvalue weighted by molar-refractivity contribution is -0.385. The minimum Gasteiger partial charge on any atom is -0.493 e. The van der Waals surface area contributed by atoms with Crippen LogP contribution in [0.15, 0.2) is 36.4 Å². The summed E-state index contributed by atoms with van der Waals surface area (Å²) in [6.07, 6.45) is 0. The Morgan fingerprint density at radius 2 is 1.54 bits per heavy atom. The van der Waals surface area contributed by atoms with Crippen molar-refractivity contribution in [2.45, 2.75) is 0 Å². The van der Waals surface area contributed by atoms with E-state index in [-0.39, 0.29) is 22.6 Å². The second-order valence-electron chi connectivity index (χ2n) is 4.90. The van der Waals surface area contributed by atoms with Crippen molar-refractivity contribution in [3.05, 3.63) is 63.5 Å². The molecule has 0 aliphatic heterocycles. The summed E-state index contributed by atoms with van der Waals surface area (Å²) in [5, 5.41) is 11.2. The van der Waals surface area contributed by atoms with E-state index in [1.54, 1.807) is 0 Å². The fourth-order valence-electron chi connectivity index (χ4n) is 2.06. The number of ether oxygens (including phenoxy) is 2. The summed E-state index contributed by atoms with van der Waals surface area (Å²) in [6, 6.07) is 6.75. The zero-order valence-electron chi connectivity index (χ0n) is 13.7. The van der Waals surface area contributed by atoms with Crippen molar-refractivity contribution in [2.24, 2.45) is 0 Å². The molecule has 2 aromatic rings. The van der Waals surface area contributed by atoms with Crippen LogP contribution in [0.25, 0.3) is 0 Å². The molecule has 10 heteroatoms. The summed E-state index contributed by atoms with van der Waals surface area (Å²) >= 11 is 0. The number of halogens is 1. The normalized spacial score (nSPS) is 9.96. The molecular weight excluding hydrogens is 349 g/mol. The maximum atomic E-state index is 12.9. The Morgan fingerprint density at radius 1 is 1.00 bits per heavy atom. The maximum Gasteiger partial charge on any atom is 0.286 e. The van der Waals surface area contributed by atoms with E-state index in [4.69, 9.17) is 9.47 Å². The number of carbonyl (C=O) groups is 2. The highest BCUT2D eigenvalue weighted by Crippen LogP contribution is 2.34. The van der Waals surface area contributed by atoms with Crippen molar-refractivity contribution in [2.75, 3.05) is 14.2 Å². The van der Waals surface area contributed by atoms with Crippen LogP contribution in [0.1, 0.15) is 20.7 Å². The van der Waals surface area contributed by atoms with Crippen LogP contribution >= 0.6 is 0 Å². The lowest BCUT2D eigenvalue weighted by Gasteiger charge is -2.11. The van der Waals surface area contributed by atoms with Crippen molar-refractivity contribution in [3.8, 4) is 11.5 Å². The number of nitrogens with one attached hydrogen (secondary N) is 2. The summed E-state index contributed by atoms with van der Waals surface area (Å²) in [5.41, 5.74) is 3.38. The molecule has 0 aliphatic carbocycles. The van der Waals surface area contributed by atoms with Crippen LogP contribution in [0.3, 0.4) is 0 Å². The van der Waals surface area contributed by atoms with Crippen LogP contribution in [-0.4, -0.2) is 31.0 Å². The molecule has 2 aromatic carbocycles. The Labute approximate surface area is 146 Å². The minimum absolute atomic E-state index is 0.0751. The predicted octanol–water partition coefficient (Wildman–Crippen LogP) is 1.83. The fourth-order valence-corrected chi connectivity index (χ4v) is 2.06. The number of nitro benzene ring substituents is 1. The molecule has 0 heterocycles. The summed E-state index contributed by atoms with van der Waals surface area (Å²) < 4.78 is 22.8. The highest BCUT2D eigenvalue weighted by atomic mass is 19.1. The Balaban J connectivity index is 2.21. The van der Waals surface area contributed by atoms with E-state index in [2.05, 4.69) is 10.9 Å². The lowest BCUT2D eigenvalue weighted by Crippen LogP contribution is -2.41. The van der Waals surface area contributed by atoms with Crippen LogP contribution in [0.5, 0.6) is 11.5 Å². The van der Waals surface area contributed by atoms with Gasteiger partial charge in [-0.3, -0.25) is 30.6 Å². The first-order valence-electron chi connectivity index (χ1n) is 7.14. The highest BCUT2D eigenvalue weighted by molar-refractivity contribution is 6.01. The second-order valence-corrected chi connectivity index (χ2v) is 4.90. The molecule has 0 saturated carbocycles. The van der Waals surface area contributed by atoms with Crippen LogP contribution < -0.4 is 20.3 Å². The molecule has 0 saturated heterocycles. The van der Waals surface area contributed by atoms with E-state index in [0.29, 0.717) is 0 Å². The van der Waals surface area contributed by atoms with E-state index in [1.807, 2.05) is 0 Å². The van der Waals surface area contributed by atoms with Gasteiger partial charge in [-0.1, -0.05) is 0 Å². The smallest absolute Gasteiger partial charge is 0.286 e. The minimum atomic E-state index is -0.937. The average Bonchev–Trinajstić information content (AvgIpc) is 2.65. The van der Waals surface area contributed by atoms with Gasteiger partial charge in [-0.15, -0.1) is 0 Å². The monoisotopic (exact) mass is 363 g/mol. The number of benzene rings is 2. The molecule has 0 unspecified atom stereocenters. The van der Waals surface area contributed by atoms with Gasteiger partial charge < -0.3 is 9.47 Å². The molecule has 2 rings (SSSR count). The molecule has 0 atom stereocenters. The number of hydrogen-bond donors (Lipinski definition) is 2. The average molecular weight is 363 g/mol. The topological polar surface area (TPSA) is 120 Å². The maximum absolute atomic E-state index is 12.9. The van der Waals surface area contributed by atoms with E-state index in [9.17, 15) is 24.1 Å². The zero-order chi connectivity index (χ0) is 19.3. The largest absolute Gasteiger partial charge is 0.493 e. The Bertz CT molecular complexity index is 854. The third-order valence-electron chi connectivity index (χ3n) is 3.34. The van der Waals surface area contributed by atoms with E-state index in [1.165, 1.54) is 26.4 Å². The van der Waals surface area contributed by atoms with Crippen molar-refractivity contribution in [3.63, 3.8) is 0 Å². The van der Waals surface area contributed by atoms with Gasteiger partial charge in [0.2, 0.25) is 0 Å². The number of rotatable bonds is 5. The molecule has 0 spiro atoms. The van der Waals surface area contributed by atoms with Crippen molar-refractivity contribution >= 4 is 17.5 Å². The third kappa shape index (κ3) is 4.04. The first-order chi connectivity index (χ1) is 12.4. The number of nitro groups is 1. The van der Waals surface area contributed by atoms with Gasteiger partial charge >= 0.3 is 0 Å². The van der Waals surface area contributed by atoms with Gasteiger partial charge in [0.25, 0.3) is 17.5 Å². The lowest BCUT2D eigenvalue weighted by atomic mass is 10.1. The Kier molecular flexibility index (Phi) is 5.68. The summed E-state index contributed by atoms with van der Waals surface area (Å²) in [6.45, 7) is 0.